The fraction of sp³-hybridized carbons (Fsp3) is 0.308. The minimum absolute atomic E-state index is 0.469. The van der Waals surface area contributed by atoms with Crippen molar-refractivity contribution < 1.29 is 4.74 Å². The molecule has 0 aliphatic heterocycles. The summed E-state index contributed by atoms with van der Waals surface area (Å²) in [5, 5.41) is 4.12. The van der Waals surface area contributed by atoms with Gasteiger partial charge in [0.05, 0.1) is 33.2 Å². The van der Waals surface area contributed by atoms with Crippen LogP contribution in [0.3, 0.4) is 0 Å². The molecule has 0 saturated carbocycles. The van der Waals surface area contributed by atoms with Gasteiger partial charge in [0.15, 0.2) is 0 Å². The van der Waals surface area contributed by atoms with E-state index < -0.39 is 0 Å². The molecule has 0 atom stereocenters. The van der Waals surface area contributed by atoms with Crippen molar-refractivity contribution in [3.05, 3.63) is 44.3 Å². The number of benzene rings is 1. The average Bonchev–Trinajstić information content (AvgIpc) is 2.87. The molecule has 0 bridgehead atoms. The second-order valence-corrected chi connectivity index (χ2v) is 5.92. The number of aromatic nitrogens is 1. The van der Waals surface area contributed by atoms with Gasteiger partial charge in [-0.15, -0.1) is 22.9 Å². The number of nitrogens with zero attached hydrogens (tertiary/aromatic N) is 1. The van der Waals surface area contributed by atoms with Crippen molar-refractivity contribution in [3.8, 4) is 5.75 Å². The van der Waals surface area contributed by atoms with E-state index in [1.807, 2.05) is 11.4 Å². The molecule has 102 valence electrons. The monoisotopic (exact) mass is 335 g/mol. The fourth-order valence-corrected chi connectivity index (χ4v) is 2.86. The zero-order valence-corrected chi connectivity index (χ0v) is 13.1. The molecule has 0 fully saturated rings. The fourth-order valence-electron chi connectivity index (χ4n) is 1.51. The first kappa shape index (κ1) is 14.9. The number of alkyl halides is 1. The normalized spacial score (nSPS) is 10.7. The highest BCUT2D eigenvalue weighted by Gasteiger charge is 2.03. The summed E-state index contributed by atoms with van der Waals surface area (Å²) in [6, 6.07) is 5.26. The van der Waals surface area contributed by atoms with Gasteiger partial charge in [-0.3, -0.25) is 0 Å². The SMILES string of the molecule is ClCc1csc(CCCOc2ccc(Cl)c(Cl)c2)n1. The summed E-state index contributed by atoms with van der Waals surface area (Å²) < 4.78 is 5.60. The summed E-state index contributed by atoms with van der Waals surface area (Å²) >= 11 is 19.1. The van der Waals surface area contributed by atoms with E-state index in [4.69, 9.17) is 39.5 Å². The third kappa shape index (κ3) is 4.53. The molecule has 2 nitrogen and oxygen atoms in total. The van der Waals surface area contributed by atoms with E-state index >= 15 is 0 Å². The second-order valence-electron chi connectivity index (χ2n) is 3.89. The molecule has 1 heterocycles. The van der Waals surface area contributed by atoms with Gasteiger partial charge in [-0.05, 0) is 18.6 Å². The molecule has 0 aliphatic carbocycles. The van der Waals surface area contributed by atoms with E-state index in [-0.39, 0.29) is 0 Å². The largest absolute Gasteiger partial charge is 0.494 e. The number of hydrogen-bond acceptors (Lipinski definition) is 3. The van der Waals surface area contributed by atoms with Crippen LogP contribution in [0.15, 0.2) is 23.6 Å². The predicted molar refractivity (Wildman–Crippen MR) is 81.9 cm³/mol. The first-order valence-corrected chi connectivity index (χ1v) is 7.93. The number of thiazole rings is 1. The first-order chi connectivity index (χ1) is 9.19. The van der Waals surface area contributed by atoms with Crippen molar-refractivity contribution in [1.82, 2.24) is 4.98 Å². The highest BCUT2D eigenvalue weighted by molar-refractivity contribution is 7.09. The van der Waals surface area contributed by atoms with Gasteiger partial charge in [0.25, 0.3) is 0 Å². The van der Waals surface area contributed by atoms with Gasteiger partial charge < -0.3 is 4.74 Å². The lowest BCUT2D eigenvalue weighted by molar-refractivity contribution is 0.311. The third-order valence-corrected chi connectivity index (χ3v) is 4.40. The van der Waals surface area contributed by atoms with Gasteiger partial charge in [0, 0.05) is 17.9 Å². The Kier molecular flexibility index (Phi) is 5.76. The second kappa shape index (κ2) is 7.34. The molecule has 0 aliphatic rings. The van der Waals surface area contributed by atoms with Crippen molar-refractivity contribution in [2.45, 2.75) is 18.7 Å². The Labute approximate surface area is 131 Å². The highest BCUT2D eigenvalue weighted by Crippen LogP contribution is 2.26. The highest BCUT2D eigenvalue weighted by atomic mass is 35.5. The van der Waals surface area contributed by atoms with Crippen molar-refractivity contribution in [1.29, 1.82) is 0 Å². The number of aryl methyl sites for hydroxylation is 1. The van der Waals surface area contributed by atoms with Crippen LogP contribution in [-0.4, -0.2) is 11.6 Å². The molecular weight excluding hydrogens is 325 g/mol. The van der Waals surface area contributed by atoms with E-state index in [9.17, 15) is 0 Å². The number of rotatable bonds is 6. The lowest BCUT2D eigenvalue weighted by Crippen LogP contribution is -1.99. The lowest BCUT2D eigenvalue weighted by atomic mass is 10.3. The van der Waals surface area contributed by atoms with Crippen LogP contribution in [-0.2, 0) is 12.3 Å². The molecule has 0 unspecified atom stereocenters. The number of ether oxygens (including phenoxy) is 1. The van der Waals surface area contributed by atoms with Crippen LogP contribution in [0.2, 0.25) is 10.0 Å². The molecule has 0 amide bonds. The topological polar surface area (TPSA) is 22.1 Å². The Morgan fingerprint density at radius 1 is 1.21 bits per heavy atom. The Morgan fingerprint density at radius 2 is 2.05 bits per heavy atom. The van der Waals surface area contributed by atoms with Crippen LogP contribution in [0.4, 0.5) is 0 Å². The van der Waals surface area contributed by atoms with E-state index in [1.54, 1.807) is 23.5 Å². The van der Waals surface area contributed by atoms with Crippen molar-refractivity contribution >= 4 is 46.1 Å². The third-order valence-electron chi connectivity index (χ3n) is 2.43. The van der Waals surface area contributed by atoms with Gasteiger partial charge in [0.2, 0.25) is 0 Å². The molecule has 2 rings (SSSR count). The van der Waals surface area contributed by atoms with Crippen LogP contribution in [0.25, 0.3) is 0 Å². The Balaban J connectivity index is 1.75. The van der Waals surface area contributed by atoms with E-state index in [2.05, 4.69) is 4.98 Å². The van der Waals surface area contributed by atoms with Gasteiger partial charge >= 0.3 is 0 Å². The molecule has 1 aromatic carbocycles. The lowest BCUT2D eigenvalue weighted by Gasteiger charge is -2.06. The zero-order chi connectivity index (χ0) is 13.7. The van der Waals surface area contributed by atoms with E-state index in [1.165, 1.54) is 0 Å². The standard InChI is InChI=1S/C13H12Cl3NOS/c14-7-9-8-19-13(17-9)2-1-5-18-10-3-4-11(15)12(16)6-10/h3-4,6,8H,1-2,5,7H2. The zero-order valence-electron chi connectivity index (χ0n) is 10.0. The molecule has 0 spiro atoms. The molecule has 6 heteroatoms. The molecule has 0 saturated heterocycles. The van der Waals surface area contributed by atoms with Gasteiger partial charge in [0.1, 0.15) is 5.75 Å². The summed E-state index contributed by atoms with van der Waals surface area (Å²) in [5.74, 6) is 1.20. The maximum Gasteiger partial charge on any atom is 0.120 e. The minimum atomic E-state index is 0.469. The predicted octanol–water partition coefficient (Wildman–Crippen LogP) is 5.20. The van der Waals surface area contributed by atoms with Gasteiger partial charge in [-0.1, -0.05) is 23.2 Å². The van der Waals surface area contributed by atoms with Crippen LogP contribution < -0.4 is 4.74 Å². The summed E-state index contributed by atoms with van der Waals surface area (Å²) in [7, 11) is 0. The maximum absolute atomic E-state index is 5.91. The van der Waals surface area contributed by atoms with Gasteiger partial charge in [-0.2, -0.15) is 0 Å². The number of halogens is 3. The molecule has 19 heavy (non-hydrogen) atoms. The Morgan fingerprint density at radius 3 is 2.74 bits per heavy atom. The van der Waals surface area contributed by atoms with Crippen LogP contribution in [0.5, 0.6) is 5.75 Å². The van der Waals surface area contributed by atoms with E-state index in [0.717, 1.165) is 29.3 Å². The number of hydrogen-bond donors (Lipinski definition) is 0. The van der Waals surface area contributed by atoms with Gasteiger partial charge in [-0.25, -0.2) is 4.98 Å². The maximum atomic E-state index is 5.91. The summed E-state index contributed by atoms with van der Waals surface area (Å²) in [6.07, 6.45) is 1.79. The summed E-state index contributed by atoms with van der Waals surface area (Å²) in [5.41, 5.74) is 0.937. The van der Waals surface area contributed by atoms with Crippen molar-refractivity contribution in [2.75, 3.05) is 6.61 Å². The van der Waals surface area contributed by atoms with Crippen LogP contribution in [0.1, 0.15) is 17.1 Å². The smallest absolute Gasteiger partial charge is 0.120 e. The molecule has 0 N–H and O–H groups in total. The summed E-state index contributed by atoms with van der Waals surface area (Å²) in [4.78, 5) is 4.39. The molecular formula is C13H12Cl3NOS. The molecule has 1 aromatic heterocycles. The van der Waals surface area contributed by atoms with Crippen molar-refractivity contribution in [3.63, 3.8) is 0 Å². The summed E-state index contributed by atoms with van der Waals surface area (Å²) in [6.45, 7) is 0.619. The van der Waals surface area contributed by atoms with Crippen molar-refractivity contribution in [2.24, 2.45) is 0 Å². The Bertz CT molecular complexity index is 544. The average molecular weight is 337 g/mol. The first-order valence-electron chi connectivity index (χ1n) is 5.76. The van der Waals surface area contributed by atoms with Crippen LogP contribution >= 0.6 is 46.1 Å². The minimum Gasteiger partial charge on any atom is -0.494 e. The quantitative estimate of drug-likeness (QED) is 0.534. The molecule has 2 aromatic rings. The Hall–Kier alpha value is -0.480. The van der Waals surface area contributed by atoms with Crippen LogP contribution in [0, 0.1) is 0 Å². The molecule has 0 radical (unpaired) electrons. The van der Waals surface area contributed by atoms with E-state index in [0.29, 0.717) is 22.5 Å².